The molecule has 11 heteroatoms. The highest BCUT2D eigenvalue weighted by Crippen LogP contribution is 2.41. The van der Waals surface area contributed by atoms with Crippen LogP contribution in [0.2, 0.25) is 0 Å². The highest BCUT2D eigenvalue weighted by molar-refractivity contribution is 7.99. The van der Waals surface area contributed by atoms with Gasteiger partial charge in [-0.15, -0.1) is 23.5 Å². The molecule has 0 aromatic heterocycles. The Labute approximate surface area is 463 Å². The molecule has 77 heavy (non-hydrogen) atoms. The molecule has 0 bridgehead atoms. The van der Waals surface area contributed by atoms with Crippen LogP contribution in [0.15, 0.2) is 155 Å². The van der Waals surface area contributed by atoms with Crippen LogP contribution in [-0.4, -0.2) is 46.0 Å². The van der Waals surface area contributed by atoms with E-state index in [0.717, 1.165) is 105 Å². The Kier molecular flexibility index (Phi) is 20.9. The van der Waals surface area contributed by atoms with Crippen molar-refractivity contribution in [2.75, 3.05) is 22.1 Å². The number of benzene rings is 6. The molecule has 2 atom stereocenters. The van der Waals surface area contributed by atoms with E-state index in [1.54, 1.807) is 47.8 Å². The van der Waals surface area contributed by atoms with Gasteiger partial charge in [-0.05, 0) is 158 Å². The lowest BCUT2D eigenvalue weighted by Crippen LogP contribution is -2.23. The van der Waals surface area contributed by atoms with Crippen LogP contribution in [0.5, 0.6) is 0 Å². The van der Waals surface area contributed by atoms with Gasteiger partial charge < -0.3 is 20.5 Å². The fraction of sp³-hybridized carbons (Fsp3) is 0.318. The summed E-state index contributed by atoms with van der Waals surface area (Å²) in [6.45, 7) is 13.9. The predicted molar refractivity (Wildman–Crippen MR) is 316 cm³/mol. The molecule has 0 heterocycles. The maximum Gasteiger partial charge on any atom is 0.307 e. The van der Waals surface area contributed by atoms with E-state index < -0.39 is 5.97 Å². The quantitative estimate of drug-likeness (QED) is 0.0534. The number of aryl methyl sites for hydroxylation is 6. The Bertz CT molecular complexity index is 3110. The molecule has 2 amide bonds. The smallest absolute Gasteiger partial charge is 0.307 e. The average Bonchev–Trinajstić information content (AvgIpc) is 3.43. The molecule has 0 fully saturated rings. The molecule has 400 valence electrons. The zero-order chi connectivity index (χ0) is 55.0. The first-order chi connectivity index (χ1) is 37.2. The van der Waals surface area contributed by atoms with Crippen LogP contribution >= 0.6 is 23.5 Å². The number of ketones is 2. The first kappa shape index (κ1) is 57.7. The van der Waals surface area contributed by atoms with Crippen LogP contribution in [0.25, 0.3) is 11.1 Å². The lowest BCUT2D eigenvalue weighted by Gasteiger charge is -2.28. The van der Waals surface area contributed by atoms with E-state index in [0.29, 0.717) is 53.7 Å². The number of ether oxygens (including phenoxy) is 1. The van der Waals surface area contributed by atoms with Gasteiger partial charge in [-0.1, -0.05) is 124 Å². The third kappa shape index (κ3) is 15.2. The summed E-state index contributed by atoms with van der Waals surface area (Å²) in [6.07, 6.45) is 6.79. The molecule has 2 unspecified atom stereocenters. The molecule has 6 aromatic rings. The molecule has 2 aliphatic rings. The van der Waals surface area contributed by atoms with E-state index in [1.165, 1.54) is 18.1 Å². The maximum absolute atomic E-state index is 13.7. The molecule has 0 aliphatic heterocycles. The second kappa shape index (κ2) is 27.9. The van der Waals surface area contributed by atoms with Crippen LogP contribution in [-0.2, 0) is 44.8 Å². The Morgan fingerprint density at radius 1 is 0.532 bits per heavy atom. The second-order valence-electron chi connectivity index (χ2n) is 19.8. The average molecular weight is 1070 g/mol. The number of aliphatic hydroxyl groups excluding tert-OH is 1. The minimum absolute atomic E-state index is 0.0428. The molecule has 3 N–H and O–H groups in total. The van der Waals surface area contributed by atoms with Gasteiger partial charge in [-0.3, -0.25) is 24.0 Å². The van der Waals surface area contributed by atoms with E-state index in [1.807, 2.05) is 84.9 Å². The zero-order valence-electron chi connectivity index (χ0n) is 45.6. The summed E-state index contributed by atoms with van der Waals surface area (Å²) in [7, 11) is 0. The molecule has 0 saturated carbocycles. The lowest BCUT2D eigenvalue weighted by atomic mass is 9.79. The number of carbonyl (C=O) groups is 5. The topological polar surface area (TPSA) is 139 Å². The van der Waals surface area contributed by atoms with Gasteiger partial charge in [0.05, 0.1) is 22.5 Å². The summed E-state index contributed by atoms with van der Waals surface area (Å²) >= 11 is 3.32. The van der Waals surface area contributed by atoms with Crippen molar-refractivity contribution in [2.45, 2.75) is 122 Å². The largest absolute Gasteiger partial charge is 0.512 e. The van der Waals surface area contributed by atoms with Crippen molar-refractivity contribution >= 4 is 75.4 Å². The van der Waals surface area contributed by atoms with E-state index in [2.05, 4.69) is 76.4 Å². The number of esters is 1. The number of carbonyl (C=O) groups excluding carboxylic acids is 5. The minimum atomic E-state index is -0.401. The van der Waals surface area contributed by atoms with Crippen LogP contribution in [0.1, 0.15) is 138 Å². The van der Waals surface area contributed by atoms with Crippen molar-refractivity contribution in [1.82, 2.24) is 0 Å². The first-order valence-electron chi connectivity index (χ1n) is 27.0. The van der Waals surface area contributed by atoms with Crippen molar-refractivity contribution in [2.24, 2.45) is 11.8 Å². The summed E-state index contributed by atoms with van der Waals surface area (Å²) in [4.78, 5) is 66.4. The van der Waals surface area contributed by atoms with Gasteiger partial charge in [0.1, 0.15) is 11.5 Å². The van der Waals surface area contributed by atoms with Crippen molar-refractivity contribution in [1.29, 1.82) is 0 Å². The standard InChI is InChI=1S/C34H37NO4S.C32H35NO3S/c1-5-25-18-22(3)19-26(6-2)32(25)33-29(37)20-24(21-30(33)39-23(4)36)16-17-40-31-15-11-10-14-28(31)35-34(38)27-12-8-7-9-13-27;1-4-23-17-21(3)18-24(5-2)30(23)31-27(34)19-22(20-28(31)35)15-16-37-29-14-10-9-13-26(29)33-32(36)25-11-7-6-8-12-25/h7-15,18-19,24H,5-6,16-17,20-21H2,1-4H3,(H,35,38);6-14,17-18,22,34H,4-5,15-16,19-20H2,1-3H3,(H,33,36). The lowest BCUT2D eigenvalue weighted by molar-refractivity contribution is -0.137. The number of para-hydroxylation sites is 2. The molecule has 6 aromatic carbocycles. The number of nitrogens with one attached hydrogen (secondary N) is 2. The van der Waals surface area contributed by atoms with Crippen molar-refractivity contribution in [3.05, 3.63) is 201 Å². The number of hydrogen-bond donors (Lipinski definition) is 3. The molecule has 0 spiro atoms. The molecular formula is C66H72N2O7S2. The van der Waals surface area contributed by atoms with Crippen molar-refractivity contribution < 1.29 is 33.8 Å². The third-order valence-corrected chi connectivity index (χ3v) is 16.3. The Hall–Kier alpha value is -6.95. The van der Waals surface area contributed by atoms with Crippen LogP contribution < -0.4 is 10.6 Å². The molecule has 8 rings (SSSR count). The van der Waals surface area contributed by atoms with Crippen LogP contribution in [0.4, 0.5) is 11.4 Å². The summed E-state index contributed by atoms with van der Waals surface area (Å²) in [5.74, 6) is 1.88. The van der Waals surface area contributed by atoms with Crippen LogP contribution in [0.3, 0.4) is 0 Å². The van der Waals surface area contributed by atoms with E-state index in [-0.39, 0.29) is 41.0 Å². The fourth-order valence-electron chi connectivity index (χ4n) is 10.4. The SMILES string of the molecule is CCc1cc(C)cc(CC)c1C1=C(O)CC(CCSc2ccccc2NC(=O)c2ccccc2)CC1=O.CCc1cc(C)cc(CC)c1C1=C(OC(C)=O)CC(CCSc2ccccc2NC(=O)c2ccccc2)CC1=O. The predicted octanol–water partition coefficient (Wildman–Crippen LogP) is 15.6. The summed E-state index contributed by atoms with van der Waals surface area (Å²) in [6, 6.07) is 42.4. The number of hydrogen-bond acceptors (Lipinski definition) is 9. The normalized spacial score (nSPS) is 15.4. The van der Waals surface area contributed by atoms with E-state index in [4.69, 9.17) is 4.74 Å². The molecule has 9 nitrogen and oxygen atoms in total. The van der Waals surface area contributed by atoms with Gasteiger partial charge in [0.25, 0.3) is 11.8 Å². The number of anilines is 2. The minimum Gasteiger partial charge on any atom is -0.512 e. The second-order valence-corrected chi connectivity index (χ2v) is 22.1. The Morgan fingerprint density at radius 2 is 0.909 bits per heavy atom. The number of aliphatic hydroxyl groups is 1. The molecule has 0 radical (unpaired) electrons. The van der Waals surface area contributed by atoms with Crippen LogP contribution in [0, 0.1) is 25.7 Å². The Balaban J connectivity index is 0.000000224. The molecule has 2 aliphatic carbocycles. The number of thioether (sulfide) groups is 2. The van der Waals surface area contributed by atoms with Gasteiger partial charge >= 0.3 is 5.97 Å². The van der Waals surface area contributed by atoms with Crippen molar-refractivity contribution in [3.63, 3.8) is 0 Å². The zero-order valence-corrected chi connectivity index (χ0v) is 47.2. The highest BCUT2D eigenvalue weighted by atomic mass is 32.2. The molecule has 0 saturated heterocycles. The fourth-order valence-corrected chi connectivity index (χ4v) is 12.7. The van der Waals surface area contributed by atoms with E-state index >= 15 is 0 Å². The monoisotopic (exact) mass is 1070 g/mol. The highest BCUT2D eigenvalue weighted by Gasteiger charge is 2.34. The Morgan fingerprint density at radius 3 is 1.31 bits per heavy atom. The van der Waals surface area contributed by atoms with Gasteiger partial charge in [-0.25, -0.2) is 0 Å². The number of amides is 2. The summed E-state index contributed by atoms with van der Waals surface area (Å²) in [5, 5.41) is 17.1. The summed E-state index contributed by atoms with van der Waals surface area (Å²) < 4.78 is 5.72. The number of allylic oxidation sites excluding steroid dienone is 4. The van der Waals surface area contributed by atoms with Gasteiger partial charge in [-0.2, -0.15) is 0 Å². The molecular weight excluding hydrogens is 997 g/mol. The maximum atomic E-state index is 13.7. The van der Waals surface area contributed by atoms with Crippen molar-refractivity contribution in [3.8, 4) is 0 Å². The number of rotatable bonds is 19. The summed E-state index contributed by atoms with van der Waals surface area (Å²) in [5.41, 5.74) is 12.7. The van der Waals surface area contributed by atoms with Gasteiger partial charge in [0.15, 0.2) is 11.6 Å². The third-order valence-electron chi connectivity index (χ3n) is 14.1. The van der Waals surface area contributed by atoms with E-state index in [9.17, 15) is 29.1 Å². The first-order valence-corrected chi connectivity index (χ1v) is 29.0. The number of Topliss-reactive ketones (excluding diaryl/α,β-unsaturated/α-hetero) is 2. The van der Waals surface area contributed by atoms with Gasteiger partial charge in [0, 0.05) is 53.5 Å². The van der Waals surface area contributed by atoms with Gasteiger partial charge in [0.2, 0.25) is 0 Å².